The molecule has 96 valence electrons. The van der Waals surface area contributed by atoms with Crippen molar-refractivity contribution in [1.29, 1.82) is 0 Å². The predicted molar refractivity (Wildman–Crippen MR) is 75.8 cm³/mol. The summed E-state index contributed by atoms with van der Waals surface area (Å²) in [7, 11) is 0. The summed E-state index contributed by atoms with van der Waals surface area (Å²) in [4.78, 5) is 11.8. The first-order valence-corrected chi connectivity index (χ1v) is 7.48. The van der Waals surface area contributed by atoms with E-state index in [2.05, 4.69) is 12.2 Å². The summed E-state index contributed by atoms with van der Waals surface area (Å²) in [5, 5.41) is 2.85. The Labute approximate surface area is 120 Å². The fourth-order valence-corrected chi connectivity index (χ4v) is 3.20. The Balaban J connectivity index is 2.52. The topological polar surface area (TPSA) is 29.1 Å². The smallest absolute Gasteiger partial charge is 0.253 e. The summed E-state index contributed by atoms with van der Waals surface area (Å²) in [6.45, 7) is 2.70. The van der Waals surface area contributed by atoms with Gasteiger partial charge in [0.15, 0.2) is 0 Å². The van der Waals surface area contributed by atoms with Gasteiger partial charge in [-0.05, 0) is 18.4 Å². The SMILES string of the molecule is CCC(CCCl)CNC(=O)c1cc(Cl)sc1Cl. The molecule has 17 heavy (non-hydrogen) atoms. The Morgan fingerprint density at radius 2 is 2.24 bits per heavy atom. The van der Waals surface area contributed by atoms with Crippen LogP contribution in [0, 0.1) is 5.92 Å². The van der Waals surface area contributed by atoms with Gasteiger partial charge >= 0.3 is 0 Å². The fraction of sp³-hybridized carbons (Fsp3) is 0.545. The molecule has 0 saturated heterocycles. The highest BCUT2D eigenvalue weighted by molar-refractivity contribution is 7.20. The van der Waals surface area contributed by atoms with Gasteiger partial charge < -0.3 is 5.32 Å². The molecule has 1 amide bonds. The molecule has 1 aromatic heterocycles. The molecule has 0 aliphatic heterocycles. The second kappa shape index (κ2) is 7.47. The van der Waals surface area contributed by atoms with Crippen molar-refractivity contribution >= 4 is 52.0 Å². The Hall–Kier alpha value is 0.0400. The zero-order valence-corrected chi connectivity index (χ0v) is 12.5. The fourth-order valence-electron chi connectivity index (χ4n) is 1.43. The molecule has 1 N–H and O–H groups in total. The van der Waals surface area contributed by atoms with E-state index in [9.17, 15) is 4.79 Å². The Kier molecular flexibility index (Phi) is 6.63. The lowest BCUT2D eigenvalue weighted by atomic mass is 10.0. The summed E-state index contributed by atoms with van der Waals surface area (Å²) in [6, 6.07) is 1.59. The van der Waals surface area contributed by atoms with Crippen molar-refractivity contribution in [2.45, 2.75) is 19.8 Å². The van der Waals surface area contributed by atoms with Crippen molar-refractivity contribution in [3.63, 3.8) is 0 Å². The maximum Gasteiger partial charge on any atom is 0.253 e. The molecule has 6 heteroatoms. The molecule has 0 spiro atoms. The number of nitrogens with one attached hydrogen (secondary N) is 1. The molecule has 2 nitrogen and oxygen atoms in total. The summed E-state index contributed by atoms with van der Waals surface area (Å²) >= 11 is 18.6. The molecular weight excluding hydrogens is 301 g/mol. The standard InChI is InChI=1S/C11H14Cl3NOS/c1-2-7(3-4-12)6-15-11(16)8-5-9(13)17-10(8)14/h5,7H,2-4,6H2,1H3,(H,15,16). The third kappa shape index (κ3) is 4.66. The molecule has 0 fully saturated rings. The molecule has 0 aliphatic carbocycles. The second-order valence-electron chi connectivity index (χ2n) is 3.70. The maximum atomic E-state index is 11.8. The number of carbonyl (C=O) groups is 1. The van der Waals surface area contributed by atoms with Crippen LogP contribution in [0.15, 0.2) is 6.07 Å². The Morgan fingerprint density at radius 3 is 2.71 bits per heavy atom. The number of hydrogen-bond donors (Lipinski definition) is 1. The number of halogens is 3. The van der Waals surface area contributed by atoms with Crippen LogP contribution in [-0.4, -0.2) is 18.3 Å². The van der Waals surface area contributed by atoms with Crippen molar-refractivity contribution in [1.82, 2.24) is 5.32 Å². The van der Waals surface area contributed by atoms with Crippen LogP contribution < -0.4 is 5.32 Å². The highest BCUT2D eigenvalue weighted by atomic mass is 35.5. The van der Waals surface area contributed by atoms with Crippen molar-refractivity contribution in [3.8, 4) is 0 Å². The first-order valence-electron chi connectivity index (χ1n) is 5.37. The van der Waals surface area contributed by atoms with Crippen LogP contribution in [0.4, 0.5) is 0 Å². The average Bonchev–Trinajstić information content (AvgIpc) is 2.63. The molecule has 0 aliphatic rings. The molecule has 1 atom stereocenters. The lowest BCUT2D eigenvalue weighted by Crippen LogP contribution is -2.29. The van der Waals surface area contributed by atoms with Crippen molar-refractivity contribution < 1.29 is 4.79 Å². The minimum Gasteiger partial charge on any atom is -0.352 e. The third-order valence-corrected chi connectivity index (χ3v) is 4.25. The highest BCUT2D eigenvalue weighted by Gasteiger charge is 2.15. The van der Waals surface area contributed by atoms with E-state index in [-0.39, 0.29) is 5.91 Å². The first kappa shape index (κ1) is 15.1. The minimum absolute atomic E-state index is 0.175. The molecule has 1 unspecified atom stereocenters. The largest absolute Gasteiger partial charge is 0.352 e. The summed E-state index contributed by atoms with van der Waals surface area (Å²) in [6.07, 6.45) is 1.89. The van der Waals surface area contributed by atoms with Crippen LogP contribution >= 0.6 is 46.1 Å². The molecule has 0 radical (unpaired) electrons. The van der Waals surface area contributed by atoms with Crippen LogP contribution in [-0.2, 0) is 0 Å². The average molecular weight is 315 g/mol. The van der Waals surface area contributed by atoms with Gasteiger partial charge in [-0.3, -0.25) is 4.79 Å². The number of rotatable bonds is 6. The van der Waals surface area contributed by atoms with E-state index in [0.29, 0.717) is 32.6 Å². The van der Waals surface area contributed by atoms with Crippen LogP contribution in [0.1, 0.15) is 30.1 Å². The van der Waals surface area contributed by atoms with Crippen LogP contribution in [0.25, 0.3) is 0 Å². The number of amides is 1. The van der Waals surface area contributed by atoms with Gasteiger partial charge in [-0.15, -0.1) is 22.9 Å². The normalized spacial score (nSPS) is 12.5. The van der Waals surface area contributed by atoms with Gasteiger partial charge in [0.25, 0.3) is 5.91 Å². The van der Waals surface area contributed by atoms with E-state index in [1.165, 1.54) is 11.3 Å². The molecule has 0 bridgehead atoms. The summed E-state index contributed by atoms with van der Waals surface area (Å²) in [5.74, 6) is 0.842. The Bertz CT molecular complexity index is 381. The summed E-state index contributed by atoms with van der Waals surface area (Å²) < 4.78 is 0.950. The molecular formula is C11H14Cl3NOS. The number of alkyl halides is 1. The lowest BCUT2D eigenvalue weighted by Gasteiger charge is -2.13. The zero-order chi connectivity index (χ0) is 12.8. The third-order valence-electron chi connectivity index (χ3n) is 2.55. The zero-order valence-electron chi connectivity index (χ0n) is 9.43. The van der Waals surface area contributed by atoms with Crippen LogP contribution in [0.2, 0.25) is 8.67 Å². The monoisotopic (exact) mass is 313 g/mol. The molecule has 1 aromatic rings. The van der Waals surface area contributed by atoms with Gasteiger partial charge in [-0.1, -0.05) is 36.5 Å². The molecule has 0 saturated carbocycles. The predicted octanol–water partition coefficient (Wildman–Crippen LogP) is 4.44. The van der Waals surface area contributed by atoms with Gasteiger partial charge in [-0.25, -0.2) is 0 Å². The van der Waals surface area contributed by atoms with E-state index in [0.717, 1.165) is 12.8 Å². The van der Waals surface area contributed by atoms with E-state index >= 15 is 0 Å². The lowest BCUT2D eigenvalue weighted by molar-refractivity contribution is 0.0947. The quantitative estimate of drug-likeness (QED) is 0.773. The molecule has 0 aromatic carbocycles. The Morgan fingerprint density at radius 1 is 1.53 bits per heavy atom. The summed E-state index contributed by atoms with van der Waals surface area (Å²) in [5.41, 5.74) is 0.447. The van der Waals surface area contributed by atoms with E-state index in [1.807, 2.05) is 0 Å². The van der Waals surface area contributed by atoms with Gasteiger partial charge in [0.1, 0.15) is 4.34 Å². The van der Waals surface area contributed by atoms with Gasteiger partial charge in [0.2, 0.25) is 0 Å². The van der Waals surface area contributed by atoms with E-state index in [4.69, 9.17) is 34.8 Å². The van der Waals surface area contributed by atoms with E-state index < -0.39 is 0 Å². The highest BCUT2D eigenvalue weighted by Crippen LogP contribution is 2.30. The number of hydrogen-bond acceptors (Lipinski definition) is 2. The van der Waals surface area contributed by atoms with Crippen LogP contribution in [0.5, 0.6) is 0 Å². The van der Waals surface area contributed by atoms with Crippen molar-refractivity contribution in [2.24, 2.45) is 5.92 Å². The molecule has 1 rings (SSSR count). The number of carbonyl (C=O) groups excluding carboxylic acids is 1. The van der Waals surface area contributed by atoms with Gasteiger partial charge in [0.05, 0.1) is 9.90 Å². The van der Waals surface area contributed by atoms with Gasteiger partial charge in [0, 0.05) is 12.4 Å². The minimum atomic E-state index is -0.175. The van der Waals surface area contributed by atoms with Crippen molar-refractivity contribution in [2.75, 3.05) is 12.4 Å². The maximum absolute atomic E-state index is 11.8. The second-order valence-corrected chi connectivity index (χ2v) is 6.36. The number of thiophene rings is 1. The molecule has 1 heterocycles. The van der Waals surface area contributed by atoms with Crippen molar-refractivity contribution in [3.05, 3.63) is 20.3 Å². The van der Waals surface area contributed by atoms with Crippen LogP contribution in [0.3, 0.4) is 0 Å². The first-order chi connectivity index (χ1) is 8.08. The van der Waals surface area contributed by atoms with Gasteiger partial charge in [-0.2, -0.15) is 0 Å². The van der Waals surface area contributed by atoms with E-state index in [1.54, 1.807) is 6.07 Å².